The molecule has 0 aliphatic carbocycles. The molecular formula is C10H12N4O2S. The van der Waals surface area contributed by atoms with Gasteiger partial charge in [0.05, 0.1) is 18.5 Å². The molecule has 6 nitrogen and oxygen atoms in total. The third-order valence-corrected chi connectivity index (χ3v) is 2.91. The average molecular weight is 252 g/mol. The van der Waals surface area contributed by atoms with Gasteiger partial charge in [-0.15, -0.1) is 11.3 Å². The first kappa shape index (κ1) is 11.6. The first-order valence-electron chi connectivity index (χ1n) is 4.91. The monoisotopic (exact) mass is 252 g/mol. The molecule has 2 rings (SSSR count). The normalized spacial score (nSPS) is 10.3. The van der Waals surface area contributed by atoms with Crippen molar-refractivity contribution < 1.29 is 9.53 Å². The van der Waals surface area contributed by atoms with Crippen LogP contribution in [0.2, 0.25) is 0 Å². The van der Waals surface area contributed by atoms with Crippen molar-refractivity contribution in [3.63, 3.8) is 0 Å². The van der Waals surface area contributed by atoms with Crippen molar-refractivity contribution in [2.75, 3.05) is 12.4 Å². The van der Waals surface area contributed by atoms with Gasteiger partial charge < -0.3 is 10.1 Å². The van der Waals surface area contributed by atoms with Crippen LogP contribution in [0.15, 0.2) is 11.6 Å². The van der Waals surface area contributed by atoms with Crippen LogP contribution in [0.4, 0.5) is 10.8 Å². The Morgan fingerprint density at radius 3 is 2.94 bits per heavy atom. The fourth-order valence-electron chi connectivity index (χ4n) is 1.37. The minimum absolute atomic E-state index is 0.307. The van der Waals surface area contributed by atoms with E-state index in [4.69, 9.17) is 0 Å². The summed E-state index contributed by atoms with van der Waals surface area (Å²) in [5, 5.41) is 9.61. The van der Waals surface area contributed by atoms with Crippen LogP contribution in [0.5, 0.6) is 0 Å². The first-order valence-corrected chi connectivity index (χ1v) is 5.79. The van der Waals surface area contributed by atoms with Gasteiger partial charge in [0.25, 0.3) is 0 Å². The Labute approximate surface area is 102 Å². The molecule has 17 heavy (non-hydrogen) atoms. The number of esters is 1. The molecule has 0 radical (unpaired) electrons. The van der Waals surface area contributed by atoms with E-state index in [1.165, 1.54) is 18.4 Å². The number of carbonyl (C=O) groups is 1. The molecule has 2 aromatic heterocycles. The second kappa shape index (κ2) is 4.54. The van der Waals surface area contributed by atoms with Gasteiger partial charge in [-0.05, 0) is 6.92 Å². The number of nitrogens with zero attached hydrogens (tertiary/aromatic N) is 3. The molecule has 0 fully saturated rings. The third kappa shape index (κ3) is 2.44. The van der Waals surface area contributed by atoms with E-state index in [9.17, 15) is 4.79 Å². The van der Waals surface area contributed by atoms with E-state index in [-0.39, 0.29) is 0 Å². The third-order valence-electron chi connectivity index (χ3n) is 2.15. The molecule has 0 saturated carbocycles. The summed E-state index contributed by atoms with van der Waals surface area (Å²) < 4.78 is 6.30. The Balaban J connectivity index is 2.17. The van der Waals surface area contributed by atoms with Crippen LogP contribution in [0, 0.1) is 6.92 Å². The van der Waals surface area contributed by atoms with Crippen molar-refractivity contribution in [3.05, 3.63) is 23.0 Å². The van der Waals surface area contributed by atoms with Crippen LogP contribution in [0.25, 0.3) is 0 Å². The van der Waals surface area contributed by atoms with Gasteiger partial charge in [-0.1, -0.05) is 0 Å². The lowest BCUT2D eigenvalue weighted by molar-refractivity contribution is 0.0595. The van der Waals surface area contributed by atoms with Crippen molar-refractivity contribution in [1.29, 1.82) is 0 Å². The molecule has 0 unspecified atom stereocenters. The van der Waals surface area contributed by atoms with E-state index in [0.29, 0.717) is 10.8 Å². The van der Waals surface area contributed by atoms with Gasteiger partial charge in [0, 0.05) is 18.6 Å². The summed E-state index contributed by atoms with van der Waals surface area (Å²) >= 11 is 1.35. The molecule has 0 spiro atoms. The van der Waals surface area contributed by atoms with Crippen LogP contribution in [0.1, 0.15) is 16.2 Å². The van der Waals surface area contributed by atoms with Crippen molar-refractivity contribution in [1.82, 2.24) is 14.8 Å². The molecular weight excluding hydrogens is 240 g/mol. The molecule has 0 atom stereocenters. The van der Waals surface area contributed by atoms with Gasteiger partial charge >= 0.3 is 5.97 Å². The number of anilines is 2. The molecule has 0 bridgehead atoms. The van der Waals surface area contributed by atoms with Crippen LogP contribution < -0.4 is 5.32 Å². The molecule has 0 aromatic carbocycles. The van der Waals surface area contributed by atoms with Crippen LogP contribution in [0.3, 0.4) is 0 Å². The number of ether oxygens (including phenoxy) is 1. The zero-order valence-electron chi connectivity index (χ0n) is 9.72. The summed E-state index contributed by atoms with van der Waals surface area (Å²) in [7, 11) is 3.18. The molecule has 2 aromatic rings. The number of methoxy groups -OCH3 is 1. The minimum Gasteiger partial charge on any atom is -0.464 e. The molecule has 0 aliphatic heterocycles. The van der Waals surface area contributed by atoms with Crippen molar-refractivity contribution in [3.8, 4) is 0 Å². The van der Waals surface area contributed by atoms with Crippen molar-refractivity contribution in [2.45, 2.75) is 6.92 Å². The Morgan fingerprint density at radius 2 is 2.35 bits per heavy atom. The highest BCUT2D eigenvalue weighted by Gasteiger charge is 2.11. The minimum atomic E-state index is -0.433. The number of aromatic nitrogens is 3. The van der Waals surface area contributed by atoms with Crippen LogP contribution >= 0.6 is 11.3 Å². The molecule has 7 heteroatoms. The Bertz CT molecular complexity index is 546. The molecule has 2 heterocycles. The number of rotatable bonds is 3. The van der Waals surface area contributed by atoms with E-state index >= 15 is 0 Å². The maximum absolute atomic E-state index is 11.2. The second-order valence-electron chi connectivity index (χ2n) is 3.46. The number of hydrogen-bond acceptors (Lipinski definition) is 6. The Morgan fingerprint density at radius 1 is 1.59 bits per heavy atom. The van der Waals surface area contributed by atoms with Gasteiger partial charge in [-0.25, -0.2) is 9.78 Å². The van der Waals surface area contributed by atoms with Gasteiger partial charge in [0.1, 0.15) is 0 Å². The predicted molar refractivity (Wildman–Crippen MR) is 64.7 cm³/mol. The zero-order chi connectivity index (χ0) is 12.4. The predicted octanol–water partition coefficient (Wildman–Crippen LogP) is 1.72. The van der Waals surface area contributed by atoms with E-state index < -0.39 is 5.97 Å². The number of carbonyl (C=O) groups excluding carboxylic acids is 1. The smallest absolute Gasteiger partial charge is 0.357 e. The van der Waals surface area contributed by atoms with Gasteiger partial charge in [-0.2, -0.15) is 5.10 Å². The standard InChI is InChI=1S/C10H12N4O2S/c1-6-7(4-14(2)13-6)11-10-12-8(5-17-10)9(15)16-3/h4-5H,1-3H3,(H,11,12). The first-order chi connectivity index (χ1) is 8.10. The summed E-state index contributed by atoms with van der Waals surface area (Å²) in [4.78, 5) is 15.4. The average Bonchev–Trinajstić information content (AvgIpc) is 2.86. The van der Waals surface area contributed by atoms with E-state index in [1.54, 1.807) is 10.1 Å². The van der Waals surface area contributed by atoms with Gasteiger partial charge in [0.2, 0.25) is 0 Å². The number of thiazole rings is 1. The van der Waals surface area contributed by atoms with Crippen molar-refractivity contribution in [2.24, 2.45) is 7.05 Å². The molecule has 1 N–H and O–H groups in total. The highest BCUT2D eigenvalue weighted by atomic mass is 32.1. The highest BCUT2D eigenvalue weighted by Crippen LogP contribution is 2.22. The lowest BCUT2D eigenvalue weighted by Crippen LogP contribution is -2.01. The van der Waals surface area contributed by atoms with E-state index in [2.05, 4.69) is 20.1 Å². The SMILES string of the molecule is COC(=O)c1csc(Nc2cn(C)nc2C)n1. The van der Waals surface area contributed by atoms with Crippen molar-refractivity contribution >= 4 is 28.1 Å². The fourth-order valence-corrected chi connectivity index (χ4v) is 2.06. The molecule has 90 valence electrons. The van der Waals surface area contributed by atoms with E-state index in [1.807, 2.05) is 20.2 Å². The molecule has 0 aliphatic rings. The largest absolute Gasteiger partial charge is 0.464 e. The van der Waals surface area contributed by atoms with Crippen LogP contribution in [-0.4, -0.2) is 27.8 Å². The summed E-state index contributed by atoms with van der Waals surface area (Å²) in [6.07, 6.45) is 1.86. The summed E-state index contributed by atoms with van der Waals surface area (Å²) in [6, 6.07) is 0. The van der Waals surface area contributed by atoms with Gasteiger partial charge in [-0.3, -0.25) is 4.68 Å². The summed E-state index contributed by atoms with van der Waals surface area (Å²) in [5.74, 6) is -0.433. The Kier molecular flexibility index (Phi) is 3.10. The molecule has 0 saturated heterocycles. The lowest BCUT2D eigenvalue weighted by atomic mass is 10.4. The topological polar surface area (TPSA) is 69.0 Å². The zero-order valence-corrected chi connectivity index (χ0v) is 10.5. The van der Waals surface area contributed by atoms with Gasteiger partial charge in [0.15, 0.2) is 10.8 Å². The Hall–Kier alpha value is -1.89. The number of hydrogen-bond donors (Lipinski definition) is 1. The highest BCUT2D eigenvalue weighted by molar-refractivity contribution is 7.14. The maximum atomic E-state index is 11.2. The number of aryl methyl sites for hydroxylation is 2. The quantitative estimate of drug-likeness (QED) is 0.842. The maximum Gasteiger partial charge on any atom is 0.357 e. The second-order valence-corrected chi connectivity index (χ2v) is 4.31. The fraction of sp³-hybridized carbons (Fsp3) is 0.300. The lowest BCUT2D eigenvalue weighted by Gasteiger charge is -1.98. The summed E-state index contributed by atoms with van der Waals surface area (Å²) in [5.41, 5.74) is 2.06. The van der Waals surface area contributed by atoms with Crippen LogP contribution in [-0.2, 0) is 11.8 Å². The number of nitrogens with one attached hydrogen (secondary N) is 1. The van der Waals surface area contributed by atoms with E-state index in [0.717, 1.165) is 11.4 Å². The summed E-state index contributed by atoms with van der Waals surface area (Å²) in [6.45, 7) is 1.90. The molecule has 0 amide bonds.